The van der Waals surface area contributed by atoms with E-state index in [0.717, 1.165) is 0 Å². The molecule has 17 heavy (non-hydrogen) atoms. The van der Waals surface area contributed by atoms with Crippen LogP contribution in [0.15, 0.2) is 22.7 Å². The van der Waals surface area contributed by atoms with Crippen molar-refractivity contribution in [1.29, 1.82) is 0 Å². The lowest BCUT2D eigenvalue weighted by atomic mass is 10.1. The zero-order valence-electron chi connectivity index (χ0n) is 10.1. The Balaban J connectivity index is 2.64. The first-order chi connectivity index (χ1) is 7.91. The van der Waals surface area contributed by atoms with Gasteiger partial charge in [-0.1, -0.05) is 22.0 Å². The topological polar surface area (TPSA) is 32.3 Å². The van der Waals surface area contributed by atoms with E-state index in [1.54, 1.807) is 26.2 Å². The summed E-state index contributed by atoms with van der Waals surface area (Å²) in [5.41, 5.74) is 0.555. The van der Waals surface area contributed by atoms with Gasteiger partial charge in [0.2, 0.25) is 5.91 Å². The van der Waals surface area contributed by atoms with Crippen molar-refractivity contribution in [2.75, 3.05) is 20.6 Å². The van der Waals surface area contributed by atoms with Crippen molar-refractivity contribution >= 4 is 21.8 Å². The van der Waals surface area contributed by atoms with Crippen molar-refractivity contribution in [3.05, 3.63) is 34.1 Å². The summed E-state index contributed by atoms with van der Waals surface area (Å²) in [5.74, 6) is -0.314. The highest BCUT2D eigenvalue weighted by atomic mass is 79.9. The molecule has 1 N–H and O–H groups in total. The molecule has 5 heteroatoms. The van der Waals surface area contributed by atoms with E-state index >= 15 is 0 Å². The molecule has 1 rings (SSSR count). The predicted molar refractivity (Wildman–Crippen MR) is 69.2 cm³/mol. The minimum atomic E-state index is -0.281. The van der Waals surface area contributed by atoms with Gasteiger partial charge in [0.15, 0.2) is 0 Å². The summed E-state index contributed by atoms with van der Waals surface area (Å²) >= 11 is 3.21. The molecule has 1 atom stereocenters. The van der Waals surface area contributed by atoms with Gasteiger partial charge in [0.05, 0.1) is 6.54 Å². The molecule has 0 aliphatic heterocycles. The number of carbonyl (C=O) groups is 1. The van der Waals surface area contributed by atoms with Crippen molar-refractivity contribution in [3.63, 3.8) is 0 Å². The summed E-state index contributed by atoms with van der Waals surface area (Å²) in [4.78, 5) is 12.9. The van der Waals surface area contributed by atoms with Gasteiger partial charge in [-0.15, -0.1) is 0 Å². The molecule has 0 bridgehead atoms. The highest BCUT2D eigenvalue weighted by Crippen LogP contribution is 2.20. The van der Waals surface area contributed by atoms with Gasteiger partial charge < -0.3 is 10.2 Å². The molecule has 3 nitrogen and oxygen atoms in total. The highest BCUT2D eigenvalue weighted by molar-refractivity contribution is 9.10. The van der Waals surface area contributed by atoms with Crippen LogP contribution in [0, 0.1) is 5.82 Å². The van der Waals surface area contributed by atoms with Gasteiger partial charge in [0.1, 0.15) is 5.82 Å². The predicted octanol–water partition coefficient (Wildman–Crippen LogP) is 2.33. The highest BCUT2D eigenvalue weighted by Gasteiger charge is 2.12. The van der Waals surface area contributed by atoms with Crippen LogP contribution in [0.1, 0.15) is 18.5 Å². The third-order valence-electron chi connectivity index (χ3n) is 2.49. The molecule has 1 aromatic rings. The third-order valence-corrected chi connectivity index (χ3v) is 2.98. The van der Waals surface area contributed by atoms with E-state index in [9.17, 15) is 9.18 Å². The molecule has 0 aromatic heterocycles. The van der Waals surface area contributed by atoms with E-state index in [4.69, 9.17) is 0 Å². The Morgan fingerprint density at radius 1 is 1.53 bits per heavy atom. The summed E-state index contributed by atoms with van der Waals surface area (Å²) in [6.07, 6.45) is 0. The van der Waals surface area contributed by atoms with Crippen molar-refractivity contribution < 1.29 is 9.18 Å². The maximum atomic E-state index is 13.6. The molecule has 0 heterocycles. The number of nitrogens with zero attached hydrogens (tertiary/aromatic N) is 1. The molecule has 0 saturated heterocycles. The molecule has 0 saturated carbocycles. The zero-order valence-corrected chi connectivity index (χ0v) is 11.7. The second kappa shape index (κ2) is 6.12. The Kier molecular flexibility index (Phi) is 5.08. The summed E-state index contributed by atoms with van der Waals surface area (Å²) in [6.45, 7) is 2.03. The quantitative estimate of drug-likeness (QED) is 0.926. The summed E-state index contributed by atoms with van der Waals surface area (Å²) in [6, 6.07) is 4.70. The van der Waals surface area contributed by atoms with Crippen LogP contribution < -0.4 is 5.32 Å². The first kappa shape index (κ1) is 14.1. The van der Waals surface area contributed by atoms with Gasteiger partial charge in [-0.3, -0.25) is 4.79 Å². The summed E-state index contributed by atoms with van der Waals surface area (Å²) in [5, 5.41) is 2.99. The maximum Gasteiger partial charge on any atom is 0.236 e. The molecule has 1 aromatic carbocycles. The van der Waals surface area contributed by atoms with E-state index in [1.807, 2.05) is 6.92 Å². The van der Waals surface area contributed by atoms with Crippen molar-refractivity contribution in [3.8, 4) is 0 Å². The Morgan fingerprint density at radius 2 is 2.18 bits per heavy atom. The smallest absolute Gasteiger partial charge is 0.236 e. The lowest BCUT2D eigenvalue weighted by molar-refractivity contribution is -0.127. The molecule has 0 spiro atoms. The van der Waals surface area contributed by atoms with Crippen molar-refractivity contribution in [1.82, 2.24) is 10.2 Å². The molecule has 0 aliphatic rings. The third kappa shape index (κ3) is 4.09. The molecule has 1 unspecified atom stereocenters. The van der Waals surface area contributed by atoms with Gasteiger partial charge in [0, 0.05) is 30.2 Å². The first-order valence-corrected chi connectivity index (χ1v) is 6.09. The SMILES string of the molecule is CC(NCC(=O)N(C)C)c1ccc(Br)cc1F. The van der Waals surface area contributed by atoms with Gasteiger partial charge in [-0.2, -0.15) is 0 Å². The number of halogens is 2. The molecule has 0 fully saturated rings. The number of rotatable bonds is 4. The van der Waals surface area contributed by atoms with Crippen LogP contribution in [-0.2, 0) is 4.79 Å². The van der Waals surface area contributed by atoms with Gasteiger partial charge in [-0.25, -0.2) is 4.39 Å². The Morgan fingerprint density at radius 3 is 2.71 bits per heavy atom. The number of likely N-dealkylation sites (N-methyl/N-ethyl adjacent to an activating group) is 1. The summed E-state index contributed by atoms with van der Waals surface area (Å²) < 4.78 is 14.3. The van der Waals surface area contributed by atoms with E-state index in [0.29, 0.717) is 10.0 Å². The number of benzene rings is 1. The molecular weight excluding hydrogens is 287 g/mol. The Hall–Kier alpha value is -0.940. The van der Waals surface area contributed by atoms with Crippen LogP contribution in [0.4, 0.5) is 4.39 Å². The van der Waals surface area contributed by atoms with Crippen LogP contribution in [-0.4, -0.2) is 31.4 Å². The summed E-state index contributed by atoms with van der Waals surface area (Å²) in [7, 11) is 3.38. The van der Waals surface area contributed by atoms with Crippen molar-refractivity contribution in [2.45, 2.75) is 13.0 Å². The largest absolute Gasteiger partial charge is 0.348 e. The lowest BCUT2D eigenvalue weighted by Crippen LogP contribution is -2.34. The normalized spacial score (nSPS) is 12.3. The molecular formula is C12H16BrFN2O. The zero-order chi connectivity index (χ0) is 13.0. The Bertz CT molecular complexity index is 409. The van der Waals surface area contributed by atoms with Crippen LogP contribution in [0.5, 0.6) is 0 Å². The lowest BCUT2D eigenvalue weighted by Gasteiger charge is -2.17. The number of hydrogen-bond acceptors (Lipinski definition) is 2. The minimum Gasteiger partial charge on any atom is -0.348 e. The maximum absolute atomic E-state index is 13.6. The number of nitrogens with one attached hydrogen (secondary N) is 1. The van der Waals surface area contributed by atoms with Crippen LogP contribution in [0.25, 0.3) is 0 Å². The van der Waals surface area contributed by atoms with E-state index < -0.39 is 0 Å². The second-order valence-corrected chi connectivity index (χ2v) is 4.97. The van der Waals surface area contributed by atoms with Gasteiger partial charge >= 0.3 is 0 Å². The number of hydrogen-bond donors (Lipinski definition) is 1. The van der Waals surface area contributed by atoms with Crippen molar-refractivity contribution in [2.24, 2.45) is 0 Å². The minimum absolute atomic E-state index is 0.0330. The number of carbonyl (C=O) groups excluding carboxylic acids is 1. The fourth-order valence-electron chi connectivity index (χ4n) is 1.36. The fraction of sp³-hybridized carbons (Fsp3) is 0.417. The molecule has 0 radical (unpaired) electrons. The monoisotopic (exact) mass is 302 g/mol. The molecule has 94 valence electrons. The van der Waals surface area contributed by atoms with E-state index in [-0.39, 0.29) is 24.3 Å². The van der Waals surface area contributed by atoms with Gasteiger partial charge in [0.25, 0.3) is 0 Å². The van der Waals surface area contributed by atoms with E-state index in [2.05, 4.69) is 21.2 Å². The standard InChI is InChI=1S/C12H16BrFN2O/c1-8(15-7-12(17)16(2)3)10-5-4-9(13)6-11(10)14/h4-6,8,15H,7H2,1-3H3. The van der Waals surface area contributed by atoms with Crippen LogP contribution in [0.2, 0.25) is 0 Å². The fourth-order valence-corrected chi connectivity index (χ4v) is 1.69. The average molecular weight is 303 g/mol. The van der Waals surface area contributed by atoms with Crippen LogP contribution in [0.3, 0.4) is 0 Å². The number of amides is 1. The van der Waals surface area contributed by atoms with Crippen LogP contribution >= 0.6 is 15.9 Å². The molecule has 0 aliphatic carbocycles. The second-order valence-electron chi connectivity index (χ2n) is 4.06. The molecule has 1 amide bonds. The van der Waals surface area contributed by atoms with E-state index in [1.165, 1.54) is 11.0 Å². The van der Waals surface area contributed by atoms with Gasteiger partial charge in [-0.05, 0) is 19.1 Å². The average Bonchev–Trinajstić information content (AvgIpc) is 2.25. The first-order valence-electron chi connectivity index (χ1n) is 5.30. The Labute approximate surface area is 109 Å².